The summed E-state index contributed by atoms with van der Waals surface area (Å²) >= 11 is 5.89. The maximum absolute atomic E-state index is 9.05. The summed E-state index contributed by atoms with van der Waals surface area (Å²) in [6, 6.07) is 11.0. The van der Waals surface area contributed by atoms with Crippen molar-refractivity contribution < 1.29 is 0 Å². The van der Waals surface area contributed by atoms with Crippen molar-refractivity contribution in [1.29, 1.82) is 5.26 Å². The minimum absolute atomic E-state index is 0.431. The summed E-state index contributed by atoms with van der Waals surface area (Å²) in [4.78, 5) is 12.9. The normalized spacial score (nSPS) is 10.6. The number of nitriles is 1. The number of nitrogens with one attached hydrogen (secondary N) is 1. The standard InChI is InChI=1S/C17H10ClN7/c18-13-1-3-14(4-2-13)22-17-23-16-15(21-5-6-25(16)24-17)12-7-11(8-19)9-20-10-12/h1-7,9-10H,(H,22,24). The van der Waals surface area contributed by atoms with Gasteiger partial charge in [0.2, 0.25) is 5.95 Å². The Bertz CT molecular complexity index is 1100. The average Bonchev–Trinajstić information content (AvgIpc) is 3.06. The van der Waals surface area contributed by atoms with E-state index in [0.717, 1.165) is 5.69 Å². The molecule has 25 heavy (non-hydrogen) atoms. The second kappa shape index (κ2) is 6.19. The van der Waals surface area contributed by atoms with Crippen LogP contribution in [0.2, 0.25) is 5.02 Å². The van der Waals surface area contributed by atoms with Gasteiger partial charge in [0.05, 0.1) is 5.56 Å². The molecule has 120 valence electrons. The van der Waals surface area contributed by atoms with Crippen LogP contribution in [0, 0.1) is 11.3 Å². The molecule has 7 nitrogen and oxygen atoms in total. The Morgan fingerprint density at radius 3 is 2.80 bits per heavy atom. The van der Waals surface area contributed by atoms with Gasteiger partial charge in [0.25, 0.3) is 0 Å². The molecule has 0 aliphatic carbocycles. The van der Waals surface area contributed by atoms with E-state index in [-0.39, 0.29) is 0 Å². The first-order valence-electron chi connectivity index (χ1n) is 7.32. The van der Waals surface area contributed by atoms with Crippen LogP contribution in [-0.4, -0.2) is 24.6 Å². The van der Waals surface area contributed by atoms with E-state index in [4.69, 9.17) is 16.9 Å². The van der Waals surface area contributed by atoms with Crippen LogP contribution in [-0.2, 0) is 0 Å². The lowest BCUT2D eigenvalue weighted by Gasteiger charge is -2.01. The highest BCUT2D eigenvalue weighted by atomic mass is 35.5. The van der Waals surface area contributed by atoms with Crippen molar-refractivity contribution in [2.75, 3.05) is 5.32 Å². The predicted molar refractivity (Wildman–Crippen MR) is 93.5 cm³/mol. The summed E-state index contributed by atoms with van der Waals surface area (Å²) < 4.78 is 1.62. The number of hydrogen-bond donors (Lipinski definition) is 1. The zero-order valence-corrected chi connectivity index (χ0v) is 13.5. The molecule has 1 aromatic carbocycles. The van der Waals surface area contributed by atoms with E-state index in [1.807, 2.05) is 12.1 Å². The molecule has 0 saturated heterocycles. The topological polar surface area (TPSA) is 91.8 Å². The highest BCUT2D eigenvalue weighted by Gasteiger charge is 2.12. The maximum atomic E-state index is 9.05. The van der Waals surface area contributed by atoms with Crippen LogP contribution >= 0.6 is 11.6 Å². The van der Waals surface area contributed by atoms with Gasteiger partial charge in [-0.25, -0.2) is 4.52 Å². The number of nitrogens with zero attached hydrogens (tertiary/aromatic N) is 6. The van der Waals surface area contributed by atoms with E-state index in [0.29, 0.717) is 33.4 Å². The van der Waals surface area contributed by atoms with Gasteiger partial charge in [-0.3, -0.25) is 9.97 Å². The number of pyridine rings is 1. The number of halogens is 1. The quantitative estimate of drug-likeness (QED) is 0.610. The molecule has 0 aliphatic rings. The lowest BCUT2D eigenvalue weighted by atomic mass is 10.1. The van der Waals surface area contributed by atoms with Crippen molar-refractivity contribution >= 4 is 28.9 Å². The molecule has 3 heterocycles. The first-order valence-corrected chi connectivity index (χ1v) is 7.70. The Morgan fingerprint density at radius 2 is 2.00 bits per heavy atom. The molecule has 4 rings (SSSR count). The maximum Gasteiger partial charge on any atom is 0.247 e. The van der Waals surface area contributed by atoms with Crippen molar-refractivity contribution in [3.63, 3.8) is 0 Å². The molecule has 0 fully saturated rings. The third-order valence-corrected chi connectivity index (χ3v) is 3.75. The van der Waals surface area contributed by atoms with Crippen molar-refractivity contribution in [3.05, 3.63) is 65.7 Å². The lowest BCUT2D eigenvalue weighted by molar-refractivity contribution is 0.951. The second-order valence-electron chi connectivity index (χ2n) is 5.19. The fraction of sp³-hybridized carbons (Fsp3) is 0. The molecule has 4 aromatic rings. The number of benzene rings is 1. The molecule has 0 atom stereocenters. The van der Waals surface area contributed by atoms with Gasteiger partial charge in [0.1, 0.15) is 11.8 Å². The molecule has 3 aromatic heterocycles. The van der Waals surface area contributed by atoms with Crippen LogP contribution in [0.15, 0.2) is 55.1 Å². The Morgan fingerprint density at radius 1 is 1.16 bits per heavy atom. The van der Waals surface area contributed by atoms with E-state index in [1.165, 1.54) is 6.20 Å². The SMILES string of the molecule is N#Cc1cncc(-c2nccn3nc(Nc4ccc(Cl)cc4)nc23)c1. The zero-order chi connectivity index (χ0) is 17.2. The lowest BCUT2D eigenvalue weighted by Crippen LogP contribution is -1.94. The van der Waals surface area contributed by atoms with Gasteiger partial charge in [-0.15, -0.1) is 5.10 Å². The Hall–Kier alpha value is -3.50. The smallest absolute Gasteiger partial charge is 0.247 e. The van der Waals surface area contributed by atoms with Crippen LogP contribution in [0.25, 0.3) is 16.9 Å². The summed E-state index contributed by atoms with van der Waals surface area (Å²) in [5, 5.41) is 17.2. The Kier molecular flexibility index (Phi) is 3.72. The summed E-state index contributed by atoms with van der Waals surface area (Å²) in [6.07, 6.45) is 6.48. The van der Waals surface area contributed by atoms with E-state index in [9.17, 15) is 0 Å². The van der Waals surface area contributed by atoms with Crippen LogP contribution < -0.4 is 5.32 Å². The molecule has 1 N–H and O–H groups in total. The van der Waals surface area contributed by atoms with E-state index in [2.05, 4.69) is 31.4 Å². The molecule has 0 spiro atoms. The summed E-state index contributed by atoms with van der Waals surface area (Å²) in [6.45, 7) is 0. The monoisotopic (exact) mass is 347 g/mol. The van der Waals surface area contributed by atoms with E-state index < -0.39 is 0 Å². The second-order valence-corrected chi connectivity index (χ2v) is 5.62. The van der Waals surface area contributed by atoms with Crippen LogP contribution in [0.3, 0.4) is 0 Å². The highest BCUT2D eigenvalue weighted by molar-refractivity contribution is 6.30. The van der Waals surface area contributed by atoms with Gasteiger partial charge in [0, 0.05) is 41.1 Å². The number of rotatable bonds is 3. The fourth-order valence-electron chi connectivity index (χ4n) is 2.37. The first kappa shape index (κ1) is 15.1. The van der Waals surface area contributed by atoms with E-state index in [1.54, 1.807) is 41.3 Å². The first-order chi connectivity index (χ1) is 12.2. The van der Waals surface area contributed by atoms with Gasteiger partial charge >= 0.3 is 0 Å². The summed E-state index contributed by atoms with van der Waals surface area (Å²) in [5.41, 5.74) is 3.15. The molecule has 0 saturated carbocycles. The number of hydrogen-bond acceptors (Lipinski definition) is 6. The summed E-state index contributed by atoms with van der Waals surface area (Å²) in [7, 11) is 0. The summed E-state index contributed by atoms with van der Waals surface area (Å²) in [5.74, 6) is 0.431. The molecular formula is C17H10ClN7. The largest absolute Gasteiger partial charge is 0.323 e. The number of aromatic nitrogens is 5. The van der Waals surface area contributed by atoms with Gasteiger partial charge in [-0.2, -0.15) is 10.2 Å². The van der Waals surface area contributed by atoms with Crippen molar-refractivity contribution in [1.82, 2.24) is 24.6 Å². The number of fused-ring (bicyclic) bond motifs is 1. The van der Waals surface area contributed by atoms with Crippen LogP contribution in [0.5, 0.6) is 0 Å². The Balaban J connectivity index is 1.76. The van der Waals surface area contributed by atoms with Gasteiger partial charge in [-0.05, 0) is 30.3 Å². The molecule has 0 radical (unpaired) electrons. The third-order valence-electron chi connectivity index (χ3n) is 3.50. The minimum Gasteiger partial charge on any atom is -0.323 e. The fourth-order valence-corrected chi connectivity index (χ4v) is 2.49. The number of anilines is 2. The predicted octanol–water partition coefficient (Wildman–Crippen LogP) is 3.45. The van der Waals surface area contributed by atoms with Crippen molar-refractivity contribution in [3.8, 4) is 17.3 Å². The van der Waals surface area contributed by atoms with Gasteiger partial charge in [0.15, 0.2) is 5.65 Å². The Labute approximate surface area is 147 Å². The molecule has 0 aliphatic heterocycles. The molecule has 8 heteroatoms. The van der Waals surface area contributed by atoms with Gasteiger partial charge < -0.3 is 5.32 Å². The minimum atomic E-state index is 0.431. The molecular weight excluding hydrogens is 338 g/mol. The van der Waals surface area contributed by atoms with Crippen molar-refractivity contribution in [2.45, 2.75) is 0 Å². The molecule has 0 amide bonds. The third kappa shape index (κ3) is 2.98. The van der Waals surface area contributed by atoms with E-state index >= 15 is 0 Å². The van der Waals surface area contributed by atoms with Crippen LogP contribution in [0.1, 0.15) is 5.56 Å². The van der Waals surface area contributed by atoms with Crippen molar-refractivity contribution in [2.24, 2.45) is 0 Å². The molecule has 0 bridgehead atoms. The zero-order valence-electron chi connectivity index (χ0n) is 12.8. The molecule has 0 unspecified atom stereocenters. The average molecular weight is 348 g/mol. The highest BCUT2D eigenvalue weighted by Crippen LogP contribution is 2.23. The van der Waals surface area contributed by atoms with Crippen LogP contribution in [0.4, 0.5) is 11.6 Å². The van der Waals surface area contributed by atoms with Gasteiger partial charge in [-0.1, -0.05) is 11.6 Å².